The molecule has 3 rings (SSSR count). The van der Waals surface area contributed by atoms with Crippen LogP contribution in [0.1, 0.15) is 32.1 Å². The number of hydrogen-bond acceptors (Lipinski definition) is 4. The second-order valence-corrected chi connectivity index (χ2v) is 8.45. The molecule has 0 amide bonds. The van der Waals surface area contributed by atoms with E-state index in [1.54, 1.807) is 7.11 Å². The number of halogens is 1. The molecular formula is C16H21BrO4S. The summed E-state index contributed by atoms with van der Waals surface area (Å²) in [6.07, 6.45) is 9.95. The first-order chi connectivity index (χ1) is 10.6. The van der Waals surface area contributed by atoms with E-state index in [1.165, 1.54) is 0 Å². The molecule has 0 aromatic carbocycles. The molecule has 1 heterocycles. The van der Waals surface area contributed by atoms with Gasteiger partial charge >= 0.3 is 0 Å². The molecule has 122 valence electrons. The van der Waals surface area contributed by atoms with Crippen LogP contribution in [-0.2, 0) is 25.0 Å². The number of ether oxygens (including phenoxy) is 3. The minimum Gasteiger partial charge on any atom is -0.496 e. The van der Waals surface area contributed by atoms with Crippen LogP contribution in [0, 0.1) is 0 Å². The molecule has 0 aromatic heterocycles. The fraction of sp³-hybridized carbons (Fsp3) is 0.625. The average molecular weight is 389 g/mol. The van der Waals surface area contributed by atoms with Gasteiger partial charge in [0.05, 0.1) is 36.0 Å². The van der Waals surface area contributed by atoms with Gasteiger partial charge < -0.3 is 14.2 Å². The normalized spacial score (nSPS) is 26.9. The van der Waals surface area contributed by atoms with Gasteiger partial charge in [0.25, 0.3) is 0 Å². The maximum Gasteiger partial charge on any atom is 0.168 e. The van der Waals surface area contributed by atoms with Crippen LogP contribution in [0.5, 0.6) is 0 Å². The van der Waals surface area contributed by atoms with Crippen molar-refractivity contribution >= 4 is 26.7 Å². The highest BCUT2D eigenvalue weighted by Gasteiger charge is 2.42. The molecule has 4 nitrogen and oxygen atoms in total. The van der Waals surface area contributed by atoms with Gasteiger partial charge in [-0.25, -0.2) is 0 Å². The van der Waals surface area contributed by atoms with E-state index in [9.17, 15) is 4.21 Å². The molecule has 1 unspecified atom stereocenters. The highest BCUT2D eigenvalue weighted by atomic mass is 79.9. The van der Waals surface area contributed by atoms with E-state index in [4.69, 9.17) is 14.2 Å². The van der Waals surface area contributed by atoms with Crippen LogP contribution >= 0.6 is 15.9 Å². The summed E-state index contributed by atoms with van der Waals surface area (Å²) in [6, 6.07) is 0. The maximum absolute atomic E-state index is 13.0. The van der Waals surface area contributed by atoms with Crippen LogP contribution in [0.2, 0.25) is 0 Å². The molecule has 1 aliphatic heterocycles. The van der Waals surface area contributed by atoms with Gasteiger partial charge in [-0.3, -0.25) is 4.21 Å². The Hall–Kier alpha value is -0.430. The van der Waals surface area contributed by atoms with Crippen molar-refractivity contribution < 1.29 is 18.4 Å². The molecule has 1 atom stereocenters. The summed E-state index contributed by atoms with van der Waals surface area (Å²) in [6.45, 7) is 1.35. The van der Waals surface area contributed by atoms with E-state index in [1.807, 2.05) is 18.2 Å². The Kier molecular flexibility index (Phi) is 5.22. The Morgan fingerprint density at radius 1 is 1.27 bits per heavy atom. The van der Waals surface area contributed by atoms with Gasteiger partial charge in [-0.1, -0.05) is 22.0 Å². The number of allylic oxidation sites excluding steroid dienone is 4. The maximum atomic E-state index is 13.0. The zero-order chi connectivity index (χ0) is 15.6. The Balaban J connectivity index is 1.69. The molecule has 22 heavy (non-hydrogen) atoms. The predicted molar refractivity (Wildman–Crippen MR) is 89.8 cm³/mol. The molecule has 1 saturated heterocycles. The van der Waals surface area contributed by atoms with Crippen LogP contribution in [0.15, 0.2) is 33.4 Å². The Labute approximate surface area is 142 Å². The molecule has 6 heteroatoms. The second-order valence-electron chi connectivity index (χ2n) is 5.73. The van der Waals surface area contributed by atoms with Crippen molar-refractivity contribution in [3.8, 4) is 0 Å². The smallest absolute Gasteiger partial charge is 0.168 e. The predicted octanol–water partition coefficient (Wildman–Crippen LogP) is 3.52. The standard InChI is InChI=1S/C16H21BrO4S/c1-19-14-4-2-12(17)3-5-15(14)22(18)13-6-8-16(9-7-13)20-10-11-21-16/h2,4-5,13H,3,6-11H2,1H3. The van der Waals surface area contributed by atoms with Crippen molar-refractivity contribution in [1.29, 1.82) is 0 Å². The van der Waals surface area contributed by atoms with Gasteiger partial charge in [-0.15, -0.1) is 0 Å². The number of rotatable bonds is 3. The van der Waals surface area contributed by atoms with Crippen molar-refractivity contribution in [2.45, 2.75) is 43.1 Å². The van der Waals surface area contributed by atoms with Gasteiger partial charge in [0.15, 0.2) is 5.79 Å². The Morgan fingerprint density at radius 3 is 2.59 bits per heavy atom. The van der Waals surface area contributed by atoms with Crippen LogP contribution in [0.4, 0.5) is 0 Å². The van der Waals surface area contributed by atoms with Crippen molar-refractivity contribution in [2.24, 2.45) is 0 Å². The molecule has 0 bridgehead atoms. The lowest BCUT2D eigenvalue weighted by Crippen LogP contribution is -2.38. The van der Waals surface area contributed by atoms with E-state index in [0.29, 0.717) is 19.0 Å². The Bertz CT molecular complexity index is 536. The zero-order valence-corrected chi connectivity index (χ0v) is 15.1. The summed E-state index contributed by atoms with van der Waals surface area (Å²) in [5.41, 5.74) is 0. The van der Waals surface area contributed by atoms with E-state index in [0.717, 1.165) is 41.5 Å². The van der Waals surface area contributed by atoms with Crippen molar-refractivity contribution in [1.82, 2.24) is 0 Å². The Morgan fingerprint density at radius 2 is 1.95 bits per heavy atom. The van der Waals surface area contributed by atoms with Crippen molar-refractivity contribution in [2.75, 3.05) is 20.3 Å². The van der Waals surface area contributed by atoms with Crippen LogP contribution in [0.25, 0.3) is 0 Å². The molecule has 1 spiro atoms. The first-order valence-corrected chi connectivity index (χ1v) is 9.63. The number of methoxy groups -OCH3 is 1. The first kappa shape index (κ1) is 16.4. The van der Waals surface area contributed by atoms with Crippen LogP contribution < -0.4 is 0 Å². The number of hydrogen-bond donors (Lipinski definition) is 0. The fourth-order valence-corrected chi connectivity index (χ4v) is 5.08. The highest BCUT2D eigenvalue weighted by molar-refractivity contribution is 9.11. The lowest BCUT2D eigenvalue weighted by atomic mass is 9.94. The second kappa shape index (κ2) is 6.99. The summed E-state index contributed by atoms with van der Waals surface area (Å²) in [5.74, 6) is 0.296. The lowest BCUT2D eigenvalue weighted by molar-refractivity contribution is -0.175. The van der Waals surface area contributed by atoms with Gasteiger partial charge in [-0.2, -0.15) is 0 Å². The van der Waals surface area contributed by atoms with E-state index < -0.39 is 16.6 Å². The van der Waals surface area contributed by atoms with Gasteiger partial charge in [0.1, 0.15) is 5.76 Å². The minimum atomic E-state index is -1.06. The molecule has 0 N–H and O–H groups in total. The summed E-state index contributed by atoms with van der Waals surface area (Å²) in [7, 11) is 0.562. The molecule has 2 aliphatic carbocycles. The third-order valence-corrected chi connectivity index (χ3v) is 6.85. The zero-order valence-electron chi connectivity index (χ0n) is 12.7. The highest BCUT2D eigenvalue weighted by Crippen LogP contribution is 2.39. The van der Waals surface area contributed by atoms with E-state index >= 15 is 0 Å². The summed E-state index contributed by atoms with van der Waals surface area (Å²) >= 11 is 3.49. The largest absolute Gasteiger partial charge is 0.496 e. The topological polar surface area (TPSA) is 44.8 Å². The van der Waals surface area contributed by atoms with E-state index in [-0.39, 0.29) is 5.25 Å². The monoisotopic (exact) mass is 388 g/mol. The lowest BCUT2D eigenvalue weighted by Gasteiger charge is -2.35. The quantitative estimate of drug-likeness (QED) is 0.741. The molecule has 3 aliphatic rings. The van der Waals surface area contributed by atoms with Crippen LogP contribution in [-0.4, -0.2) is 35.6 Å². The average Bonchev–Trinajstić information content (AvgIpc) is 2.89. The molecule has 0 radical (unpaired) electrons. The first-order valence-electron chi connectivity index (χ1n) is 7.63. The third-order valence-electron chi connectivity index (χ3n) is 4.39. The van der Waals surface area contributed by atoms with Crippen molar-refractivity contribution in [3.63, 3.8) is 0 Å². The molecule has 0 aromatic rings. The van der Waals surface area contributed by atoms with Gasteiger partial charge in [-0.05, 0) is 35.9 Å². The molecular weight excluding hydrogens is 368 g/mol. The molecule has 1 saturated carbocycles. The van der Waals surface area contributed by atoms with Gasteiger partial charge in [0.2, 0.25) is 0 Å². The fourth-order valence-electron chi connectivity index (χ4n) is 3.17. The summed E-state index contributed by atoms with van der Waals surface area (Å²) in [5, 5.41) is 0.139. The summed E-state index contributed by atoms with van der Waals surface area (Å²) in [4.78, 5) is 0.808. The van der Waals surface area contributed by atoms with E-state index in [2.05, 4.69) is 15.9 Å². The van der Waals surface area contributed by atoms with Crippen molar-refractivity contribution in [3.05, 3.63) is 33.4 Å². The minimum absolute atomic E-state index is 0.139. The SMILES string of the molecule is COC1=CC=C(Br)CC=C1S(=O)C1CCC2(CC1)OCCO2. The molecule has 2 fully saturated rings. The third kappa shape index (κ3) is 3.40. The van der Waals surface area contributed by atoms with Gasteiger partial charge in [0, 0.05) is 18.1 Å². The van der Waals surface area contributed by atoms with Crippen LogP contribution in [0.3, 0.4) is 0 Å². The summed E-state index contributed by atoms with van der Waals surface area (Å²) < 4.78 is 31.0.